The molecule has 0 aromatic heterocycles. The maximum Gasteiger partial charge on any atom is 0.119 e. The molecule has 1 aromatic carbocycles. The van der Waals surface area contributed by atoms with Gasteiger partial charge in [-0.1, -0.05) is 12.1 Å². The van der Waals surface area contributed by atoms with Crippen molar-refractivity contribution in [3.8, 4) is 5.75 Å². The van der Waals surface area contributed by atoms with E-state index in [0.29, 0.717) is 19.3 Å². The number of likely N-dealkylation sites (tertiary alicyclic amines) is 1. The topological polar surface area (TPSA) is 33.7 Å². The fourth-order valence-corrected chi connectivity index (χ4v) is 2.67. The van der Waals surface area contributed by atoms with Gasteiger partial charge in [-0.2, -0.15) is 0 Å². The van der Waals surface area contributed by atoms with Crippen LogP contribution < -0.4 is 10.1 Å². The summed E-state index contributed by atoms with van der Waals surface area (Å²) in [5, 5.41) is 3.39. The zero-order valence-electron chi connectivity index (χ0n) is 13.0. The van der Waals surface area contributed by atoms with Crippen molar-refractivity contribution in [1.29, 1.82) is 0 Å². The fraction of sp³-hybridized carbons (Fsp3) is 0.625. The van der Waals surface area contributed by atoms with Crippen LogP contribution in [0.2, 0.25) is 0 Å². The molecule has 1 aromatic rings. The maximum atomic E-state index is 5.66. The van der Waals surface area contributed by atoms with Crippen LogP contribution >= 0.6 is 12.4 Å². The van der Waals surface area contributed by atoms with Crippen molar-refractivity contribution in [3.63, 3.8) is 0 Å². The zero-order chi connectivity index (χ0) is 14.2. The highest BCUT2D eigenvalue weighted by molar-refractivity contribution is 5.85. The number of nitrogens with zero attached hydrogens (tertiary/aromatic N) is 1. The van der Waals surface area contributed by atoms with Crippen LogP contribution in [0.15, 0.2) is 24.3 Å². The first-order chi connectivity index (χ1) is 9.81. The fourth-order valence-electron chi connectivity index (χ4n) is 2.67. The third kappa shape index (κ3) is 6.22. The number of ether oxygens (including phenoxy) is 2. The molecule has 1 N–H and O–H groups in total. The van der Waals surface area contributed by atoms with Crippen molar-refractivity contribution < 1.29 is 9.47 Å². The quantitative estimate of drug-likeness (QED) is 0.783. The smallest absolute Gasteiger partial charge is 0.119 e. The molecule has 120 valence electrons. The lowest BCUT2D eigenvalue weighted by Crippen LogP contribution is -2.43. The summed E-state index contributed by atoms with van der Waals surface area (Å²) in [5.74, 6) is 0.932. The van der Waals surface area contributed by atoms with Gasteiger partial charge in [-0.15, -0.1) is 12.4 Å². The van der Waals surface area contributed by atoms with E-state index in [9.17, 15) is 0 Å². The van der Waals surface area contributed by atoms with Gasteiger partial charge in [-0.25, -0.2) is 0 Å². The molecule has 1 saturated heterocycles. The van der Waals surface area contributed by atoms with E-state index in [4.69, 9.17) is 9.47 Å². The van der Waals surface area contributed by atoms with E-state index in [2.05, 4.69) is 35.5 Å². The average Bonchev–Trinajstić information content (AvgIpc) is 2.48. The van der Waals surface area contributed by atoms with E-state index in [1.54, 1.807) is 7.11 Å². The van der Waals surface area contributed by atoms with Gasteiger partial charge in [0, 0.05) is 26.2 Å². The minimum atomic E-state index is 0. The monoisotopic (exact) mass is 314 g/mol. The van der Waals surface area contributed by atoms with E-state index in [0.717, 1.165) is 18.8 Å². The van der Waals surface area contributed by atoms with Gasteiger partial charge in [0.25, 0.3) is 0 Å². The van der Waals surface area contributed by atoms with E-state index in [1.165, 1.54) is 24.9 Å². The van der Waals surface area contributed by atoms with Crippen LogP contribution in [0.3, 0.4) is 0 Å². The number of likely N-dealkylation sites (N-methyl/N-ethyl adjacent to an activating group) is 1. The number of methoxy groups -OCH3 is 1. The maximum absolute atomic E-state index is 5.66. The second-order valence-corrected chi connectivity index (χ2v) is 5.35. The highest BCUT2D eigenvalue weighted by atomic mass is 35.5. The van der Waals surface area contributed by atoms with Gasteiger partial charge in [0.05, 0.1) is 6.61 Å². The number of nitrogens with one attached hydrogen (secondary N) is 1. The molecule has 21 heavy (non-hydrogen) atoms. The number of hydrogen-bond acceptors (Lipinski definition) is 4. The van der Waals surface area contributed by atoms with Gasteiger partial charge in [0.1, 0.15) is 12.4 Å². The first-order valence-electron chi connectivity index (χ1n) is 7.42. The zero-order valence-corrected chi connectivity index (χ0v) is 13.8. The number of benzene rings is 1. The van der Waals surface area contributed by atoms with Gasteiger partial charge in [-0.3, -0.25) is 4.90 Å². The molecule has 1 aliphatic rings. The molecule has 0 bridgehead atoms. The van der Waals surface area contributed by atoms with E-state index in [-0.39, 0.29) is 12.4 Å². The Balaban J connectivity index is 0.00000220. The summed E-state index contributed by atoms with van der Waals surface area (Å²) < 4.78 is 10.7. The Hall–Kier alpha value is -0.810. The molecule has 1 fully saturated rings. The van der Waals surface area contributed by atoms with Crippen molar-refractivity contribution in [2.45, 2.75) is 25.4 Å². The van der Waals surface area contributed by atoms with Crippen molar-refractivity contribution >= 4 is 12.4 Å². The van der Waals surface area contributed by atoms with Gasteiger partial charge in [-0.05, 0) is 44.1 Å². The number of rotatable bonds is 7. The second-order valence-electron chi connectivity index (χ2n) is 5.35. The third-order valence-corrected chi connectivity index (χ3v) is 3.77. The van der Waals surface area contributed by atoms with E-state index in [1.807, 2.05) is 6.07 Å². The molecule has 1 unspecified atom stereocenters. The van der Waals surface area contributed by atoms with Crippen molar-refractivity contribution in [1.82, 2.24) is 10.2 Å². The molecule has 1 aliphatic heterocycles. The first-order valence-corrected chi connectivity index (χ1v) is 7.42. The Morgan fingerprint density at radius 3 is 2.95 bits per heavy atom. The Kier molecular flexibility index (Phi) is 8.69. The first kappa shape index (κ1) is 18.2. The molecule has 5 heteroatoms. The molecule has 2 rings (SSSR count). The Morgan fingerprint density at radius 2 is 2.19 bits per heavy atom. The predicted octanol–water partition coefficient (Wildman–Crippen LogP) is 2.32. The molecule has 1 heterocycles. The number of halogens is 1. The Bertz CT molecular complexity index is 404. The summed E-state index contributed by atoms with van der Waals surface area (Å²) >= 11 is 0. The van der Waals surface area contributed by atoms with Crippen LogP contribution in [0.25, 0.3) is 0 Å². The summed E-state index contributed by atoms with van der Waals surface area (Å²) in [5.41, 5.74) is 1.32. The lowest BCUT2D eigenvalue weighted by atomic mass is 10.1. The molecular weight excluding hydrogens is 288 g/mol. The second kappa shape index (κ2) is 10.0. The average molecular weight is 315 g/mol. The largest absolute Gasteiger partial charge is 0.491 e. The lowest BCUT2D eigenvalue weighted by Gasteiger charge is -2.32. The standard InChI is InChI=1S/C16H26N2O2.ClH/c1-17-15-6-4-8-18(13-15)12-14-5-3-7-16(11-14)20-10-9-19-2;/h3,5,7,11,15,17H,4,6,8-10,12-13H2,1-2H3;1H. The van der Waals surface area contributed by atoms with E-state index >= 15 is 0 Å². The minimum absolute atomic E-state index is 0. The lowest BCUT2D eigenvalue weighted by molar-refractivity contribution is 0.146. The van der Waals surface area contributed by atoms with Crippen LogP contribution in [0.1, 0.15) is 18.4 Å². The predicted molar refractivity (Wildman–Crippen MR) is 88.4 cm³/mol. The molecule has 0 spiro atoms. The van der Waals surface area contributed by atoms with Gasteiger partial charge < -0.3 is 14.8 Å². The van der Waals surface area contributed by atoms with E-state index < -0.39 is 0 Å². The summed E-state index contributed by atoms with van der Waals surface area (Å²) in [6.45, 7) is 4.55. The number of piperidine rings is 1. The summed E-state index contributed by atoms with van der Waals surface area (Å²) in [7, 11) is 3.74. The van der Waals surface area contributed by atoms with Crippen LogP contribution in [0, 0.1) is 0 Å². The molecule has 0 aliphatic carbocycles. The molecule has 1 atom stereocenters. The SMILES string of the molecule is CNC1CCCN(Cc2cccc(OCCOC)c2)C1.Cl. The number of hydrogen-bond donors (Lipinski definition) is 1. The van der Waals surface area contributed by atoms with Crippen LogP contribution in [-0.2, 0) is 11.3 Å². The summed E-state index contributed by atoms with van der Waals surface area (Å²) in [6.07, 6.45) is 2.56. The van der Waals surface area contributed by atoms with Crippen LogP contribution in [0.4, 0.5) is 0 Å². The molecular formula is C16H27ClN2O2. The van der Waals surface area contributed by atoms with Crippen LogP contribution in [0.5, 0.6) is 5.75 Å². The molecule has 0 amide bonds. The van der Waals surface area contributed by atoms with Crippen LogP contribution in [-0.4, -0.2) is 51.4 Å². The molecule has 4 nitrogen and oxygen atoms in total. The molecule has 0 saturated carbocycles. The van der Waals surface area contributed by atoms with Gasteiger partial charge >= 0.3 is 0 Å². The molecule has 0 radical (unpaired) electrons. The summed E-state index contributed by atoms with van der Waals surface area (Å²) in [6, 6.07) is 9.01. The Labute approximate surface area is 134 Å². The third-order valence-electron chi connectivity index (χ3n) is 3.77. The van der Waals surface area contributed by atoms with Gasteiger partial charge in [0.15, 0.2) is 0 Å². The minimum Gasteiger partial charge on any atom is -0.491 e. The highest BCUT2D eigenvalue weighted by Crippen LogP contribution is 2.17. The normalized spacial score (nSPS) is 19.0. The van der Waals surface area contributed by atoms with Crippen molar-refractivity contribution in [2.75, 3.05) is 40.5 Å². The Morgan fingerprint density at radius 1 is 1.33 bits per heavy atom. The van der Waals surface area contributed by atoms with Gasteiger partial charge in [0.2, 0.25) is 0 Å². The van der Waals surface area contributed by atoms with Crippen molar-refractivity contribution in [2.24, 2.45) is 0 Å². The van der Waals surface area contributed by atoms with Crippen molar-refractivity contribution in [3.05, 3.63) is 29.8 Å². The summed E-state index contributed by atoms with van der Waals surface area (Å²) in [4.78, 5) is 2.51. The highest BCUT2D eigenvalue weighted by Gasteiger charge is 2.18.